The lowest BCUT2D eigenvalue weighted by Crippen LogP contribution is -2.11. The Balaban J connectivity index is 1.62. The van der Waals surface area contributed by atoms with Crippen molar-refractivity contribution in [1.29, 1.82) is 0 Å². The molecule has 5 aromatic rings. The molecule has 0 aliphatic rings. The van der Waals surface area contributed by atoms with E-state index >= 15 is 0 Å². The van der Waals surface area contributed by atoms with E-state index in [1.165, 1.54) is 11.3 Å². The summed E-state index contributed by atoms with van der Waals surface area (Å²) in [6.45, 7) is 7.39. The van der Waals surface area contributed by atoms with Crippen LogP contribution in [0.15, 0.2) is 67.0 Å². The predicted octanol–water partition coefficient (Wildman–Crippen LogP) is 5.69. The lowest BCUT2D eigenvalue weighted by Gasteiger charge is -2.11. The van der Waals surface area contributed by atoms with Crippen molar-refractivity contribution in [3.8, 4) is 33.0 Å². The highest BCUT2D eigenvalue weighted by Crippen LogP contribution is 2.41. The van der Waals surface area contributed by atoms with Crippen LogP contribution in [0.3, 0.4) is 0 Å². The van der Waals surface area contributed by atoms with Crippen LogP contribution in [0, 0.1) is 6.92 Å². The Hall–Kier alpha value is -4.37. The van der Waals surface area contributed by atoms with E-state index in [-0.39, 0.29) is 5.91 Å². The van der Waals surface area contributed by atoms with Gasteiger partial charge in [0.1, 0.15) is 17.0 Å². The van der Waals surface area contributed by atoms with Gasteiger partial charge in [0.25, 0.3) is 5.91 Å². The number of rotatable bonds is 6. The van der Waals surface area contributed by atoms with Crippen LogP contribution in [0.1, 0.15) is 12.6 Å². The number of aromatic nitrogens is 5. The van der Waals surface area contributed by atoms with Gasteiger partial charge in [-0.3, -0.25) is 4.79 Å². The molecule has 0 saturated heterocycles. The minimum atomic E-state index is -0.198. The molecule has 0 aliphatic heterocycles. The van der Waals surface area contributed by atoms with Gasteiger partial charge in [-0.05, 0) is 37.1 Å². The quantitative estimate of drug-likeness (QED) is 0.294. The summed E-state index contributed by atoms with van der Waals surface area (Å²) < 4.78 is 2.10. The van der Waals surface area contributed by atoms with Crippen molar-refractivity contribution in [3.63, 3.8) is 0 Å². The number of hydrogen-bond donors (Lipinski definition) is 2. The molecule has 0 spiro atoms. The summed E-state index contributed by atoms with van der Waals surface area (Å²) in [4.78, 5) is 21.1. The van der Waals surface area contributed by atoms with Gasteiger partial charge in [-0.2, -0.15) is 0 Å². The van der Waals surface area contributed by atoms with Crippen LogP contribution < -0.4 is 10.6 Å². The molecule has 2 aromatic carbocycles. The van der Waals surface area contributed by atoms with E-state index in [1.807, 2.05) is 45.3 Å². The SMILES string of the molecule is C=C(C)C(=O)Nc1ccc(-c2c(-c3ccc(-c4nnc(NC)s4)cc3)c3c(C)ncnc3n2C)cc1. The Morgan fingerprint density at radius 1 is 0.972 bits per heavy atom. The fourth-order valence-corrected chi connectivity index (χ4v) is 4.89. The van der Waals surface area contributed by atoms with Crippen LogP contribution >= 0.6 is 11.3 Å². The average molecular weight is 496 g/mol. The molecule has 8 nitrogen and oxygen atoms in total. The molecule has 36 heavy (non-hydrogen) atoms. The second kappa shape index (κ2) is 9.35. The molecule has 0 bridgehead atoms. The standard InChI is InChI=1S/C27H25N7OS/c1-15(2)25(35)31-20-12-10-18(11-13-20)23-22(21-16(3)29-14-30-24(21)34(23)5)17-6-8-19(9-7-17)26-32-33-27(28-4)36-26/h6-14H,1H2,2-5H3,(H,28,33)(H,31,35). The molecule has 0 aliphatic carbocycles. The summed E-state index contributed by atoms with van der Waals surface area (Å²) in [5, 5.41) is 17.0. The monoisotopic (exact) mass is 495 g/mol. The van der Waals surface area contributed by atoms with Crippen LogP contribution in [0.25, 0.3) is 44.0 Å². The van der Waals surface area contributed by atoms with Gasteiger partial charge < -0.3 is 15.2 Å². The van der Waals surface area contributed by atoms with Crippen molar-refractivity contribution in [2.75, 3.05) is 17.7 Å². The van der Waals surface area contributed by atoms with Gasteiger partial charge in [0.2, 0.25) is 5.13 Å². The number of nitrogens with one attached hydrogen (secondary N) is 2. The van der Waals surface area contributed by atoms with Crippen LogP contribution in [0.2, 0.25) is 0 Å². The first-order valence-electron chi connectivity index (χ1n) is 11.4. The molecule has 1 amide bonds. The third-order valence-electron chi connectivity index (χ3n) is 6.02. The number of benzene rings is 2. The lowest BCUT2D eigenvalue weighted by atomic mass is 9.97. The largest absolute Gasteiger partial charge is 0.363 e. The number of amides is 1. The molecule has 0 unspecified atom stereocenters. The maximum atomic E-state index is 12.0. The van der Waals surface area contributed by atoms with Gasteiger partial charge in [0, 0.05) is 41.9 Å². The van der Waals surface area contributed by atoms with Crippen molar-refractivity contribution >= 4 is 39.1 Å². The van der Waals surface area contributed by atoms with Crippen molar-refractivity contribution in [1.82, 2.24) is 24.7 Å². The van der Waals surface area contributed by atoms with Crippen LogP contribution in [-0.2, 0) is 11.8 Å². The molecular formula is C27H25N7OS. The van der Waals surface area contributed by atoms with E-state index in [9.17, 15) is 4.79 Å². The number of aryl methyl sites for hydroxylation is 2. The van der Waals surface area contributed by atoms with E-state index in [2.05, 4.69) is 66.2 Å². The maximum Gasteiger partial charge on any atom is 0.250 e. The third-order valence-corrected chi connectivity index (χ3v) is 7.01. The number of nitrogens with zero attached hydrogens (tertiary/aromatic N) is 5. The van der Waals surface area contributed by atoms with E-state index in [0.717, 1.165) is 54.8 Å². The van der Waals surface area contributed by atoms with Crippen LogP contribution in [0.5, 0.6) is 0 Å². The molecule has 9 heteroatoms. The summed E-state index contributed by atoms with van der Waals surface area (Å²) in [5.41, 5.74) is 8.09. The van der Waals surface area contributed by atoms with Gasteiger partial charge in [-0.15, -0.1) is 10.2 Å². The Kier molecular flexibility index (Phi) is 6.07. The van der Waals surface area contributed by atoms with E-state index in [0.29, 0.717) is 11.3 Å². The smallest absolute Gasteiger partial charge is 0.250 e. The van der Waals surface area contributed by atoms with Gasteiger partial charge in [-0.1, -0.05) is 54.3 Å². The molecule has 0 fully saturated rings. The van der Waals surface area contributed by atoms with Crippen LogP contribution in [0.4, 0.5) is 10.8 Å². The third kappa shape index (κ3) is 4.14. The molecule has 2 N–H and O–H groups in total. The molecule has 0 radical (unpaired) electrons. The Morgan fingerprint density at radius 2 is 1.64 bits per heavy atom. The molecular weight excluding hydrogens is 470 g/mol. The highest BCUT2D eigenvalue weighted by atomic mass is 32.1. The first-order valence-corrected chi connectivity index (χ1v) is 12.2. The van der Waals surface area contributed by atoms with E-state index < -0.39 is 0 Å². The van der Waals surface area contributed by atoms with Gasteiger partial charge in [0.05, 0.1) is 11.4 Å². The Morgan fingerprint density at radius 3 is 2.28 bits per heavy atom. The minimum Gasteiger partial charge on any atom is -0.363 e. The highest BCUT2D eigenvalue weighted by molar-refractivity contribution is 7.18. The first kappa shape index (κ1) is 23.4. The van der Waals surface area contributed by atoms with Gasteiger partial charge in [0.15, 0.2) is 0 Å². The molecule has 0 saturated carbocycles. The number of hydrogen-bond acceptors (Lipinski definition) is 7. The molecule has 3 aromatic heterocycles. The van der Waals surface area contributed by atoms with Gasteiger partial charge >= 0.3 is 0 Å². The zero-order chi connectivity index (χ0) is 25.4. The summed E-state index contributed by atoms with van der Waals surface area (Å²) in [7, 11) is 3.85. The normalized spacial score (nSPS) is 11.0. The summed E-state index contributed by atoms with van der Waals surface area (Å²) in [6.07, 6.45) is 1.60. The van der Waals surface area contributed by atoms with Gasteiger partial charge in [-0.25, -0.2) is 9.97 Å². The number of fused-ring (bicyclic) bond motifs is 1. The number of carbonyl (C=O) groups excluding carboxylic acids is 1. The van der Waals surface area contributed by atoms with Crippen molar-refractivity contribution < 1.29 is 4.79 Å². The van der Waals surface area contributed by atoms with E-state index in [4.69, 9.17) is 0 Å². The molecule has 3 heterocycles. The summed E-state index contributed by atoms with van der Waals surface area (Å²) in [6, 6.07) is 16.1. The second-order valence-corrected chi connectivity index (χ2v) is 9.47. The zero-order valence-corrected chi connectivity index (χ0v) is 21.3. The highest BCUT2D eigenvalue weighted by Gasteiger charge is 2.21. The number of carbonyl (C=O) groups is 1. The van der Waals surface area contributed by atoms with E-state index in [1.54, 1.807) is 13.3 Å². The lowest BCUT2D eigenvalue weighted by molar-refractivity contribution is -0.112. The molecule has 0 atom stereocenters. The topological polar surface area (TPSA) is 97.6 Å². The second-order valence-electron chi connectivity index (χ2n) is 8.49. The first-order chi connectivity index (χ1) is 17.4. The average Bonchev–Trinajstić information content (AvgIpc) is 3.48. The number of anilines is 2. The van der Waals surface area contributed by atoms with Crippen molar-refractivity contribution in [3.05, 3.63) is 72.7 Å². The zero-order valence-electron chi connectivity index (χ0n) is 20.5. The Labute approximate surface area is 212 Å². The molecule has 180 valence electrons. The predicted molar refractivity (Wildman–Crippen MR) is 146 cm³/mol. The fraction of sp³-hybridized carbons (Fsp3) is 0.148. The van der Waals surface area contributed by atoms with Crippen molar-refractivity contribution in [2.45, 2.75) is 13.8 Å². The summed E-state index contributed by atoms with van der Waals surface area (Å²) in [5.74, 6) is -0.198. The maximum absolute atomic E-state index is 12.0. The minimum absolute atomic E-state index is 0.198. The van der Waals surface area contributed by atoms with Crippen molar-refractivity contribution in [2.24, 2.45) is 7.05 Å². The molecule has 5 rings (SSSR count). The summed E-state index contributed by atoms with van der Waals surface area (Å²) >= 11 is 1.51. The fourth-order valence-electron chi connectivity index (χ4n) is 4.19. The Bertz CT molecular complexity index is 1600. The van der Waals surface area contributed by atoms with Crippen LogP contribution in [-0.4, -0.2) is 37.7 Å².